The molecule has 1 fully saturated rings. The fraction of sp³-hybridized carbons (Fsp3) is 0.286. The molecule has 1 saturated heterocycles. The highest BCUT2D eigenvalue weighted by Crippen LogP contribution is 2.30. The zero-order valence-corrected chi connectivity index (χ0v) is 12.2. The lowest BCUT2D eigenvalue weighted by atomic mass is 10.1. The third-order valence-corrected chi connectivity index (χ3v) is 3.88. The Kier molecular flexibility index (Phi) is 4.34. The van der Waals surface area contributed by atoms with Crippen molar-refractivity contribution in [3.8, 4) is 5.75 Å². The van der Waals surface area contributed by atoms with E-state index in [1.807, 2.05) is 19.9 Å². The smallest absolute Gasteiger partial charge is 0.290 e. The molecule has 1 aliphatic rings. The molecule has 106 valence electrons. The van der Waals surface area contributed by atoms with Gasteiger partial charge in [-0.05, 0) is 43.8 Å². The molecule has 1 aromatic carbocycles. The first-order valence-corrected chi connectivity index (χ1v) is 7.19. The standard InChI is InChI=1S/C14H16N2O3S/c1-3-16(4-2)10-6-5-9(11(17)8-10)7-12-13(18)15-14(19)20-12/h5-8,17H,3-4H2,1-2H3,(H,15,18,19)/b12-7-. The maximum Gasteiger partial charge on any atom is 0.290 e. The Hall–Kier alpha value is -1.95. The Bertz CT molecular complexity index is 580. The summed E-state index contributed by atoms with van der Waals surface area (Å²) in [5.74, 6) is -0.332. The maximum atomic E-state index is 11.5. The van der Waals surface area contributed by atoms with Gasteiger partial charge in [-0.1, -0.05) is 0 Å². The number of benzene rings is 1. The number of amides is 2. The third-order valence-electron chi connectivity index (χ3n) is 3.07. The lowest BCUT2D eigenvalue weighted by Gasteiger charge is -2.21. The van der Waals surface area contributed by atoms with Gasteiger partial charge in [-0.15, -0.1) is 0 Å². The first-order chi connectivity index (χ1) is 9.55. The molecule has 0 atom stereocenters. The monoisotopic (exact) mass is 292 g/mol. The first kappa shape index (κ1) is 14.5. The van der Waals surface area contributed by atoms with E-state index in [1.165, 1.54) is 6.08 Å². The summed E-state index contributed by atoms with van der Waals surface area (Å²) in [5.41, 5.74) is 1.45. The van der Waals surface area contributed by atoms with Crippen LogP contribution in [0.2, 0.25) is 0 Å². The number of hydrogen-bond acceptors (Lipinski definition) is 5. The lowest BCUT2D eigenvalue weighted by molar-refractivity contribution is -0.115. The van der Waals surface area contributed by atoms with Gasteiger partial charge in [0, 0.05) is 30.4 Å². The largest absolute Gasteiger partial charge is 0.507 e. The molecule has 0 aliphatic carbocycles. The van der Waals surface area contributed by atoms with Crippen LogP contribution in [0.5, 0.6) is 5.75 Å². The van der Waals surface area contributed by atoms with Crippen LogP contribution < -0.4 is 10.2 Å². The number of carbonyl (C=O) groups excluding carboxylic acids is 2. The lowest BCUT2D eigenvalue weighted by Crippen LogP contribution is -2.21. The predicted molar refractivity (Wildman–Crippen MR) is 80.8 cm³/mol. The van der Waals surface area contributed by atoms with Gasteiger partial charge in [0.25, 0.3) is 11.1 Å². The maximum absolute atomic E-state index is 11.5. The molecule has 1 heterocycles. The van der Waals surface area contributed by atoms with Gasteiger partial charge in [-0.3, -0.25) is 14.9 Å². The number of anilines is 1. The average molecular weight is 292 g/mol. The van der Waals surface area contributed by atoms with Gasteiger partial charge in [-0.25, -0.2) is 0 Å². The van der Waals surface area contributed by atoms with E-state index in [0.717, 1.165) is 30.5 Å². The van der Waals surface area contributed by atoms with Crippen molar-refractivity contribution in [2.75, 3.05) is 18.0 Å². The summed E-state index contributed by atoms with van der Waals surface area (Å²) in [5, 5.41) is 11.8. The van der Waals surface area contributed by atoms with E-state index in [9.17, 15) is 14.7 Å². The number of thioether (sulfide) groups is 1. The number of aromatic hydroxyl groups is 1. The Labute approximate surface area is 121 Å². The molecule has 0 radical (unpaired) electrons. The van der Waals surface area contributed by atoms with Crippen molar-refractivity contribution in [3.63, 3.8) is 0 Å². The van der Waals surface area contributed by atoms with Gasteiger partial charge in [-0.2, -0.15) is 0 Å². The van der Waals surface area contributed by atoms with Crippen molar-refractivity contribution in [3.05, 3.63) is 28.7 Å². The normalized spacial score (nSPS) is 16.6. The number of hydrogen-bond donors (Lipinski definition) is 2. The van der Waals surface area contributed by atoms with Gasteiger partial charge >= 0.3 is 0 Å². The predicted octanol–water partition coefficient (Wildman–Crippen LogP) is 2.56. The Morgan fingerprint density at radius 2 is 2.00 bits per heavy atom. The minimum atomic E-state index is -0.424. The number of phenolic OH excluding ortho intramolecular Hbond substituents is 1. The Morgan fingerprint density at radius 1 is 1.30 bits per heavy atom. The number of imide groups is 1. The van der Waals surface area contributed by atoms with E-state index in [1.54, 1.807) is 12.1 Å². The quantitative estimate of drug-likeness (QED) is 0.835. The van der Waals surface area contributed by atoms with Crippen LogP contribution in [0.1, 0.15) is 19.4 Å². The topological polar surface area (TPSA) is 69.6 Å². The summed E-state index contributed by atoms with van der Waals surface area (Å²) in [6, 6.07) is 5.30. The molecule has 0 saturated carbocycles. The van der Waals surface area contributed by atoms with Crippen molar-refractivity contribution >= 4 is 34.7 Å². The van der Waals surface area contributed by atoms with Crippen LogP contribution in [-0.2, 0) is 4.79 Å². The van der Waals surface area contributed by atoms with Gasteiger partial charge in [0.05, 0.1) is 4.91 Å². The van der Waals surface area contributed by atoms with Crippen molar-refractivity contribution in [2.45, 2.75) is 13.8 Å². The van der Waals surface area contributed by atoms with E-state index in [4.69, 9.17) is 0 Å². The van der Waals surface area contributed by atoms with Crippen LogP contribution in [0.25, 0.3) is 6.08 Å². The Balaban J connectivity index is 2.29. The molecule has 0 unspecified atom stereocenters. The summed E-state index contributed by atoms with van der Waals surface area (Å²) >= 11 is 0.837. The second-order valence-corrected chi connectivity index (χ2v) is 5.28. The van der Waals surface area contributed by atoms with E-state index in [0.29, 0.717) is 10.5 Å². The van der Waals surface area contributed by atoms with E-state index >= 15 is 0 Å². The van der Waals surface area contributed by atoms with Crippen LogP contribution in [0, 0.1) is 0 Å². The highest BCUT2D eigenvalue weighted by molar-refractivity contribution is 8.18. The number of nitrogens with zero attached hydrogens (tertiary/aromatic N) is 1. The second kappa shape index (κ2) is 6.00. The van der Waals surface area contributed by atoms with Gasteiger partial charge in [0.15, 0.2) is 0 Å². The molecule has 1 aliphatic heterocycles. The van der Waals surface area contributed by atoms with E-state index in [2.05, 4.69) is 10.2 Å². The van der Waals surface area contributed by atoms with Crippen LogP contribution in [0.3, 0.4) is 0 Å². The second-order valence-electron chi connectivity index (χ2n) is 4.27. The molecular weight excluding hydrogens is 276 g/mol. The van der Waals surface area contributed by atoms with Crippen LogP contribution in [-0.4, -0.2) is 29.3 Å². The zero-order valence-electron chi connectivity index (χ0n) is 11.3. The first-order valence-electron chi connectivity index (χ1n) is 6.38. The molecule has 0 bridgehead atoms. The molecule has 20 heavy (non-hydrogen) atoms. The summed E-state index contributed by atoms with van der Waals surface area (Å²) in [7, 11) is 0. The highest BCUT2D eigenvalue weighted by atomic mass is 32.2. The van der Waals surface area contributed by atoms with Crippen LogP contribution in [0.4, 0.5) is 10.5 Å². The summed E-state index contributed by atoms with van der Waals surface area (Å²) in [6.45, 7) is 5.79. The molecule has 5 nitrogen and oxygen atoms in total. The van der Waals surface area contributed by atoms with E-state index < -0.39 is 5.91 Å². The van der Waals surface area contributed by atoms with Crippen molar-refractivity contribution < 1.29 is 14.7 Å². The molecule has 2 amide bonds. The van der Waals surface area contributed by atoms with Crippen LogP contribution >= 0.6 is 11.8 Å². The molecule has 1 aromatic rings. The molecule has 2 N–H and O–H groups in total. The number of carbonyl (C=O) groups is 2. The number of phenols is 1. The fourth-order valence-corrected chi connectivity index (χ4v) is 2.67. The minimum absolute atomic E-state index is 0.0923. The highest BCUT2D eigenvalue weighted by Gasteiger charge is 2.25. The van der Waals surface area contributed by atoms with Crippen molar-refractivity contribution in [1.29, 1.82) is 0 Å². The fourth-order valence-electron chi connectivity index (χ4n) is 2.00. The third kappa shape index (κ3) is 2.96. The van der Waals surface area contributed by atoms with Gasteiger partial charge in [0.2, 0.25) is 0 Å². The van der Waals surface area contributed by atoms with Gasteiger partial charge in [0.1, 0.15) is 5.75 Å². The number of nitrogens with one attached hydrogen (secondary N) is 1. The average Bonchev–Trinajstić information content (AvgIpc) is 2.72. The number of rotatable bonds is 4. The molecular formula is C14H16N2O3S. The molecule has 6 heteroatoms. The van der Waals surface area contributed by atoms with Crippen molar-refractivity contribution in [2.24, 2.45) is 0 Å². The Morgan fingerprint density at radius 3 is 2.50 bits per heavy atom. The molecule has 0 spiro atoms. The van der Waals surface area contributed by atoms with Crippen LogP contribution in [0.15, 0.2) is 23.1 Å². The molecule has 0 aromatic heterocycles. The van der Waals surface area contributed by atoms with Crippen molar-refractivity contribution in [1.82, 2.24) is 5.32 Å². The summed E-state index contributed by atoms with van der Waals surface area (Å²) in [6.07, 6.45) is 1.52. The SMILES string of the molecule is CCN(CC)c1ccc(/C=C2\SC(=O)NC2=O)c(O)c1. The van der Waals surface area contributed by atoms with E-state index in [-0.39, 0.29) is 11.0 Å². The molecule has 2 rings (SSSR count). The van der Waals surface area contributed by atoms with Gasteiger partial charge < -0.3 is 10.0 Å². The zero-order chi connectivity index (χ0) is 14.7. The summed E-state index contributed by atoms with van der Waals surface area (Å²) in [4.78, 5) is 24.9. The summed E-state index contributed by atoms with van der Waals surface area (Å²) < 4.78 is 0. The minimum Gasteiger partial charge on any atom is -0.507 e.